The summed E-state index contributed by atoms with van der Waals surface area (Å²) >= 11 is 18.1. The number of amides is 1. The summed E-state index contributed by atoms with van der Waals surface area (Å²) in [4.78, 5) is 24.3. The van der Waals surface area contributed by atoms with Crippen LogP contribution in [0.1, 0.15) is 15.9 Å². The zero-order valence-electron chi connectivity index (χ0n) is 12.7. The van der Waals surface area contributed by atoms with Crippen LogP contribution in [-0.2, 0) is 16.0 Å². The van der Waals surface area contributed by atoms with E-state index in [4.69, 9.17) is 39.5 Å². The molecule has 24 heavy (non-hydrogen) atoms. The third-order valence-electron chi connectivity index (χ3n) is 3.37. The standard InChI is InChI=1S/C17H14Cl3NO3/c1-24-17(23)15(9-12-13(19)3-2-4-14(12)20)21-16(22)10-5-7-11(18)8-6-10/h2-8,15H,9H2,1H3,(H,21,22)/t15-/m1/s1. The summed E-state index contributed by atoms with van der Waals surface area (Å²) in [6, 6.07) is 10.4. The maximum atomic E-state index is 12.3. The minimum Gasteiger partial charge on any atom is -0.467 e. The van der Waals surface area contributed by atoms with Gasteiger partial charge in [-0.2, -0.15) is 0 Å². The Hall–Kier alpha value is -1.75. The molecule has 1 amide bonds. The molecule has 2 rings (SSSR count). The molecule has 1 atom stereocenters. The van der Waals surface area contributed by atoms with Gasteiger partial charge in [0.2, 0.25) is 0 Å². The van der Waals surface area contributed by atoms with Gasteiger partial charge in [-0.25, -0.2) is 4.79 Å². The second-order valence-electron chi connectivity index (χ2n) is 4.96. The van der Waals surface area contributed by atoms with Gasteiger partial charge in [-0.05, 0) is 42.0 Å². The molecule has 0 saturated heterocycles. The van der Waals surface area contributed by atoms with Crippen molar-refractivity contribution >= 4 is 46.7 Å². The molecule has 0 spiro atoms. The number of rotatable bonds is 5. The Morgan fingerprint density at radius 1 is 1.04 bits per heavy atom. The van der Waals surface area contributed by atoms with Gasteiger partial charge in [-0.1, -0.05) is 40.9 Å². The van der Waals surface area contributed by atoms with E-state index >= 15 is 0 Å². The van der Waals surface area contributed by atoms with Gasteiger partial charge >= 0.3 is 5.97 Å². The quantitative estimate of drug-likeness (QED) is 0.785. The number of ether oxygens (including phenoxy) is 1. The van der Waals surface area contributed by atoms with Gasteiger partial charge in [0.05, 0.1) is 7.11 Å². The molecule has 2 aromatic carbocycles. The molecule has 0 unspecified atom stereocenters. The second kappa shape index (κ2) is 8.38. The molecule has 0 fully saturated rings. The van der Waals surface area contributed by atoms with Crippen LogP contribution in [0.2, 0.25) is 15.1 Å². The number of hydrogen-bond acceptors (Lipinski definition) is 3. The molecule has 126 valence electrons. The van der Waals surface area contributed by atoms with Gasteiger partial charge in [-0.3, -0.25) is 4.79 Å². The number of benzene rings is 2. The largest absolute Gasteiger partial charge is 0.467 e. The van der Waals surface area contributed by atoms with Crippen molar-refractivity contribution in [3.63, 3.8) is 0 Å². The molecule has 2 aromatic rings. The van der Waals surface area contributed by atoms with Gasteiger partial charge < -0.3 is 10.1 Å². The lowest BCUT2D eigenvalue weighted by Crippen LogP contribution is -2.43. The highest BCUT2D eigenvalue weighted by Gasteiger charge is 2.24. The fraction of sp³-hybridized carbons (Fsp3) is 0.176. The highest BCUT2D eigenvalue weighted by atomic mass is 35.5. The smallest absolute Gasteiger partial charge is 0.328 e. The third kappa shape index (κ3) is 4.63. The van der Waals surface area contributed by atoms with E-state index in [-0.39, 0.29) is 6.42 Å². The summed E-state index contributed by atoms with van der Waals surface area (Å²) in [5, 5.41) is 3.97. The Bertz CT molecular complexity index is 727. The highest BCUT2D eigenvalue weighted by molar-refractivity contribution is 6.36. The summed E-state index contributed by atoms with van der Waals surface area (Å²) in [7, 11) is 1.25. The summed E-state index contributed by atoms with van der Waals surface area (Å²) in [5.74, 6) is -1.02. The zero-order valence-corrected chi connectivity index (χ0v) is 15.0. The average Bonchev–Trinajstić information content (AvgIpc) is 2.57. The van der Waals surface area contributed by atoms with Gasteiger partial charge in [0.1, 0.15) is 6.04 Å². The van der Waals surface area contributed by atoms with Gasteiger partial charge in [0.25, 0.3) is 5.91 Å². The number of halogens is 3. The van der Waals surface area contributed by atoms with E-state index in [1.54, 1.807) is 42.5 Å². The predicted octanol–water partition coefficient (Wildman–Crippen LogP) is 4.16. The van der Waals surface area contributed by atoms with E-state index in [2.05, 4.69) is 5.32 Å². The lowest BCUT2D eigenvalue weighted by Gasteiger charge is -2.18. The third-order valence-corrected chi connectivity index (χ3v) is 4.33. The lowest BCUT2D eigenvalue weighted by molar-refractivity contribution is -0.142. The molecule has 1 N–H and O–H groups in total. The van der Waals surface area contributed by atoms with E-state index < -0.39 is 17.9 Å². The van der Waals surface area contributed by atoms with Gasteiger partial charge in [0.15, 0.2) is 0 Å². The maximum Gasteiger partial charge on any atom is 0.328 e. The van der Waals surface area contributed by atoms with Crippen LogP contribution >= 0.6 is 34.8 Å². The first-order chi connectivity index (χ1) is 11.4. The lowest BCUT2D eigenvalue weighted by atomic mass is 10.0. The van der Waals surface area contributed by atoms with Crippen LogP contribution in [0, 0.1) is 0 Å². The van der Waals surface area contributed by atoms with Crippen LogP contribution < -0.4 is 5.32 Å². The molecular formula is C17H14Cl3NO3. The zero-order chi connectivity index (χ0) is 17.7. The Morgan fingerprint density at radius 2 is 1.62 bits per heavy atom. The minimum atomic E-state index is -0.921. The molecule has 0 heterocycles. The van der Waals surface area contributed by atoms with Crippen LogP contribution in [0.3, 0.4) is 0 Å². The van der Waals surface area contributed by atoms with Crippen molar-refractivity contribution < 1.29 is 14.3 Å². The Morgan fingerprint density at radius 3 is 2.17 bits per heavy atom. The fourth-order valence-corrected chi connectivity index (χ4v) is 2.79. The number of nitrogens with one attached hydrogen (secondary N) is 1. The van der Waals surface area contributed by atoms with Crippen LogP contribution in [0.4, 0.5) is 0 Å². The van der Waals surface area contributed by atoms with Gasteiger partial charge in [-0.15, -0.1) is 0 Å². The average molecular weight is 387 g/mol. The second-order valence-corrected chi connectivity index (χ2v) is 6.21. The van der Waals surface area contributed by atoms with E-state index in [0.717, 1.165) is 0 Å². The molecule has 0 aliphatic carbocycles. The van der Waals surface area contributed by atoms with E-state index in [9.17, 15) is 9.59 Å². The van der Waals surface area contributed by atoms with Gasteiger partial charge in [0, 0.05) is 27.1 Å². The number of carbonyl (C=O) groups excluding carboxylic acids is 2. The maximum absolute atomic E-state index is 12.3. The number of esters is 1. The van der Waals surface area contributed by atoms with Crippen molar-refractivity contribution in [3.8, 4) is 0 Å². The van der Waals surface area contributed by atoms with Crippen molar-refractivity contribution in [1.29, 1.82) is 0 Å². The first-order valence-electron chi connectivity index (χ1n) is 6.99. The van der Waals surface area contributed by atoms with Crippen molar-refractivity contribution in [2.45, 2.75) is 12.5 Å². The fourth-order valence-electron chi connectivity index (χ4n) is 2.11. The van der Waals surface area contributed by atoms with E-state index in [0.29, 0.717) is 26.2 Å². The Balaban J connectivity index is 2.21. The topological polar surface area (TPSA) is 55.4 Å². The molecule has 0 radical (unpaired) electrons. The molecular weight excluding hydrogens is 373 g/mol. The summed E-state index contributed by atoms with van der Waals surface area (Å²) in [5.41, 5.74) is 0.936. The number of methoxy groups -OCH3 is 1. The number of hydrogen-bond donors (Lipinski definition) is 1. The summed E-state index contributed by atoms with van der Waals surface area (Å²) in [6.45, 7) is 0. The highest BCUT2D eigenvalue weighted by Crippen LogP contribution is 2.25. The Kier molecular flexibility index (Phi) is 6.49. The van der Waals surface area contributed by atoms with Crippen LogP contribution in [0.15, 0.2) is 42.5 Å². The van der Waals surface area contributed by atoms with E-state index in [1.807, 2.05) is 0 Å². The molecule has 0 aromatic heterocycles. The van der Waals surface area contributed by atoms with Crippen molar-refractivity contribution in [2.24, 2.45) is 0 Å². The van der Waals surface area contributed by atoms with Crippen LogP contribution in [-0.4, -0.2) is 25.0 Å². The molecule has 0 bridgehead atoms. The first-order valence-corrected chi connectivity index (χ1v) is 8.13. The Labute approximate surface area is 154 Å². The van der Waals surface area contributed by atoms with Crippen LogP contribution in [0.25, 0.3) is 0 Å². The minimum absolute atomic E-state index is 0.116. The molecule has 7 heteroatoms. The van der Waals surface area contributed by atoms with Crippen LogP contribution in [0.5, 0.6) is 0 Å². The van der Waals surface area contributed by atoms with Crippen molar-refractivity contribution in [3.05, 3.63) is 68.7 Å². The van der Waals surface area contributed by atoms with Crippen molar-refractivity contribution in [2.75, 3.05) is 7.11 Å². The molecule has 0 aliphatic rings. The number of carbonyl (C=O) groups is 2. The molecule has 4 nitrogen and oxygen atoms in total. The van der Waals surface area contributed by atoms with E-state index in [1.165, 1.54) is 7.11 Å². The predicted molar refractivity (Wildman–Crippen MR) is 94.9 cm³/mol. The molecule has 0 saturated carbocycles. The first kappa shape index (κ1) is 18.6. The molecule has 0 aliphatic heterocycles. The normalized spacial score (nSPS) is 11.7. The summed E-state index contributed by atoms with van der Waals surface area (Å²) in [6.07, 6.45) is 0.116. The summed E-state index contributed by atoms with van der Waals surface area (Å²) < 4.78 is 4.76. The van der Waals surface area contributed by atoms with Crippen molar-refractivity contribution in [1.82, 2.24) is 5.32 Å². The SMILES string of the molecule is COC(=O)[C@@H](Cc1c(Cl)cccc1Cl)NC(=O)c1ccc(Cl)cc1. The monoisotopic (exact) mass is 385 g/mol.